The van der Waals surface area contributed by atoms with Crippen LogP contribution in [0.5, 0.6) is 0 Å². The van der Waals surface area contributed by atoms with E-state index < -0.39 is 11.9 Å². The van der Waals surface area contributed by atoms with E-state index in [4.69, 9.17) is 27.9 Å². The van der Waals surface area contributed by atoms with Gasteiger partial charge in [-0.25, -0.2) is 4.79 Å². The van der Waals surface area contributed by atoms with Crippen molar-refractivity contribution >= 4 is 40.8 Å². The fourth-order valence-corrected chi connectivity index (χ4v) is 2.32. The van der Waals surface area contributed by atoms with E-state index in [-0.39, 0.29) is 27.0 Å². The second-order valence-electron chi connectivity index (χ2n) is 4.48. The summed E-state index contributed by atoms with van der Waals surface area (Å²) in [7, 11) is 1.25. The molecule has 0 saturated heterocycles. The molecule has 5 nitrogen and oxygen atoms in total. The van der Waals surface area contributed by atoms with Crippen molar-refractivity contribution in [2.75, 3.05) is 13.7 Å². The highest BCUT2D eigenvalue weighted by atomic mass is 35.5. The number of carbonyl (C=O) groups excluding carboxylic acids is 2. The van der Waals surface area contributed by atoms with Crippen LogP contribution in [0.1, 0.15) is 30.6 Å². The Labute approximate surface area is 145 Å². The second kappa shape index (κ2) is 9.33. The normalized spacial score (nSPS) is 12.0. The molecule has 0 atom stereocenters. The number of esters is 1. The maximum atomic E-state index is 12.4. The zero-order valence-electron chi connectivity index (χ0n) is 13.2. The molecule has 124 valence electrons. The molecule has 0 bridgehead atoms. The Morgan fingerprint density at radius 3 is 2.39 bits per heavy atom. The van der Waals surface area contributed by atoms with Crippen LogP contribution in [-0.2, 0) is 9.53 Å². The highest BCUT2D eigenvalue weighted by Crippen LogP contribution is 2.24. The minimum Gasteiger partial charge on any atom is -0.464 e. The number of carbonyl (C=O) groups is 2. The molecule has 1 amide bonds. The van der Waals surface area contributed by atoms with E-state index in [1.54, 1.807) is 31.2 Å². The van der Waals surface area contributed by atoms with Gasteiger partial charge in [-0.1, -0.05) is 42.3 Å². The summed E-state index contributed by atoms with van der Waals surface area (Å²) in [6, 6.07) is 4.76. The maximum Gasteiger partial charge on any atom is 0.358 e. The van der Waals surface area contributed by atoms with Crippen LogP contribution in [-0.4, -0.2) is 31.2 Å². The summed E-state index contributed by atoms with van der Waals surface area (Å²) >= 11 is 12.0. The molecule has 0 radical (unpaired) electrons. The fourth-order valence-electron chi connectivity index (χ4n) is 1.75. The third kappa shape index (κ3) is 5.08. The van der Waals surface area contributed by atoms with Gasteiger partial charge in [-0.05, 0) is 25.5 Å². The molecule has 0 aliphatic heterocycles. The van der Waals surface area contributed by atoms with Gasteiger partial charge in [-0.3, -0.25) is 9.79 Å². The zero-order valence-corrected chi connectivity index (χ0v) is 14.7. The standard InChI is InChI=1S/C16H18Cl2N2O3/c1-4-9-19-14(16(22)23-3)12(5-2)20-15(21)13-10(17)7-6-8-11(13)18/h5-8H,4,9H2,1-3H3,(H,20,21)/b12-5+,19-14?. The van der Waals surface area contributed by atoms with Crippen LogP contribution in [0.2, 0.25) is 10.0 Å². The van der Waals surface area contributed by atoms with Crippen LogP contribution in [0.25, 0.3) is 0 Å². The summed E-state index contributed by atoms with van der Waals surface area (Å²) in [6.45, 7) is 4.04. The van der Waals surface area contributed by atoms with Crippen LogP contribution in [0, 0.1) is 0 Å². The Morgan fingerprint density at radius 2 is 1.91 bits per heavy atom. The third-order valence-corrected chi connectivity index (χ3v) is 3.48. The number of amides is 1. The summed E-state index contributed by atoms with van der Waals surface area (Å²) < 4.78 is 4.71. The van der Waals surface area contributed by atoms with Crippen molar-refractivity contribution in [1.29, 1.82) is 0 Å². The van der Waals surface area contributed by atoms with Gasteiger partial charge < -0.3 is 10.1 Å². The van der Waals surface area contributed by atoms with Crippen molar-refractivity contribution in [1.82, 2.24) is 5.32 Å². The van der Waals surface area contributed by atoms with E-state index in [2.05, 4.69) is 10.3 Å². The summed E-state index contributed by atoms with van der Waals surface area (Å²) in [5.74, 6) is -1.15. The first-order valence-corrected chi connectivity index (χ1v) is 7.76. The minimum absolute atomic E-state index is 0.0494. The Hall–Kier alpha value is -1.85. The number of aliphatic imine (C=N–C) groups is 1. The van der Waals surface area contributed by atoms with E-state index >= 15 is 0 Å². The Kier molecular flexibility index (Phi) is 7.78. The highest BCUT2D eigenvalue weighted by molar-refractivity contribution is 6.44. The van der Waals surface area contributed by atoms with Crippen LogP contribution >= 0.6 is 23.2 Å². The number of halogens is 2. The molecule has 7 heteroatoms. The number of nitrogens with one attached hydrogen (secondary N) is 1. The zero-order chi connectivity index (χ0) is 17.4. The van der Waals surface area contributed by atoms with E-state index in [1.165, 1.54) is 7.11 Å². The second-order valence-corrected chi connectivity index (χ2v) is 5.29. The molecule has 1 N–H and O–H groups in total. The molecule has 0 heterocycles. The lowest BCUT2D eigenvalue weighted by Crippen LogP contribution is -2.32. The maximum absolute atomic E-state index is 12.4. The molecule has 0 aliphatic rings. The molecule has 0 aliphatic carbocycles. The lowest BCUT2D eigenvalue weighted by molar-refractivity contribution is -0.132. The fraction of sp³-hybridized carbons (Fsp3) is 0.312. The largest absolute Gasteiger partial charge is 0.464 e. The number of hydrogen-bond donors (Lipinski definition) is 1. The Morgan fingerprint density at radius 1 is 1.30 bits per heavy atom. The van der Waals surface area contributed by atoms with Crippen molar-refractivity contribution in [2.45, 2.75) is 20.3 Å². The number of nitrogens with zero attached hydrogens (tertiary/aromatic N) is 1. The first-order chi connectivity index (χ1) is 11.0. The van der Waals surface area contributed by atoms with Gasteiger partial charge in [0.15, 0.2) is 5.71 Å². The predicted octanol–water partition coefficient (Wildman–Crippen LogP) is 3.65. The minimum atomic E-state index is -0.628. The molecule has 0 saturated carbocycles. The number of hydrogen-bond acceptors (Lipinski definition) is 4. The molecule has 0 spiro atoms. The van der Waals surface area contributed by atoms with Crippen molar-refractivity contribution in [3.05, 3.63) is 45.6 Å². The monoisotopic (exact) mass is 356 g/mol. The Balaban J connectivity index is 3.11. The van der Waals surface area contributed by atoms with Gasteiger partial charge >= 0.3 is 5.97 Å². The summed E-state index contributed by atoms with van der Waals surface area (Å²) in [5.41, 5.74) is 0.426. The lowest BCUT2D eigenvalue weighted by atomic mass is 10.2. The number of benzene rings is 1. The van der Waals surface area contributed by atoms with Crippen LogP contribution in [0.4, 0.5) is 0 Å². The molecule has 0 aromatic heterocycles. The van der Waals surface area contributed by atoms with Gasteiger partial charge in [0.1, 0.15) is 0 Å². The molecule has 1 aromatic rings. The quantitative estimate of drug-likeness (QED) is 0.624. The molecule has 1 rings (SSSR count). The average Bonchev–Trinajstić information content (AvgIpc) is 2.53. The van der Waals surface area contributed by atoms with Crippen LogP contribution in [0.3, 0.4) is 0 Å². The smallest absolute Gasteiger partial charge is 0.358 e. The summed E-state index contributed by atoms with van der Waals surface area (Å²) in [4.78, 5) is 28.5. The van der Waals surface area contributed by atoms with Gasteiger partial charge in [0.25, 0.3) is 5.91 Å². The number of methoxy groups -OCH3 is 1. The van der Waals surface area contributed by atoms with E-state index in [9.17, 15) is 9.59 Å². The van der Waals surface area contributed by atoms with E-state index in [0.29, 0.717) is 6.54 Å². The van der Waals surface area contributed by atoms with Gasteiger partial charge in [-0.15, -0.1) is 0 Å². The number of allylic oxidation sites excluding steroid dienone is 1. The van der Waals surface area contributed by atoms with Gasteiger partial charge in [0.05, 0.1) is 28.4 Å². The molecule has 0 fully saturated rings. The third-order valence-electron chi connectivity index (χ3n) is 2.85. The van der Waals surface area contributed by atoms with Crippen molar-refractivity contribution in [3.8, 4) is 0 Å². The number of ether oxygens (including phenoxy) is 1. The van der Waals surface area contributed by atoms with E-state index in [0.717, 1.165) is 6.42 Å². The van der Waals surface area contributed by atoms with Crippen molar-refractivity contribution in [2.24, 2.45) is 4.99 Å². The molecular formula is C16H18Cl2N2O3. The van der Waals surface area contributed by atoms with Crippen molar-refractivity contribution < 1.29 is 14.3 Å². The average molecular weight is 357 g/mol. The van der Waals surface area contributed by atoms with Gasteiger partial charge in [-0.2, -0.15) is 0 Å². The topological polar surface area (TPSA) is 67.8 Å². The SMILES string of the molecule is C/C=C(/NC(=O)c1c(Cl)cccc1Cl)C(=NCCC)C(=O)OC. The Bertz CT molecular complexity index is 634. The van der Waals surface area contributed by atoms with Gasteiger partial charge in [0, 0.05) is 6.54 Å². The van der Waals surface area contributed by atoms with Crippen molar-refractivity contribution in [3.63, 3.8) is 0 Å². The van der Waals surface area contributed by atoms with Gasteiger partial charge in [0.2, 0.25) is 0 Å². The first kappa shape index (κ1) is 19.2. The molecule has 23 heavy (non-hydrogen) atoms. The van der Waals surface area contributed by atoms with E-state index in [1.807, 2.05) is 6.92 Å². The predicted molar refractivity (Wildman–Crippen MR) is 92.3 cm³/mol. The summed E-state index contributed by atoms with van der Waals surface area (Å²) in [6.07, 6.45) is 2.32. The highest BCUT2D eigenvalue weighted by Gasteiger charge is 2.21. The molecule has 1 aromatic carbocycles. The molecule has 0 unspecified atom stereocenters. The van der Waals surface area contributed by atoms with Crippen LogP contribution < -0.4 is 5.32 Å². The van der Waals surface area contributed by atoms with Crippen LogP contribution in [0.15, 0.2) is 35.0 Å². The summed E-state index contributed by atoms with van der Waals surface area (Å²) in [5, 5.41) is 3.05. The number of rotatable bonds is 6. The first-order valence-electron chi connectivity index (χ1n) is 7.01. The molecular weight excluding hydrogens is 339 g/mol. The lowest BCUT2D eigenvalue weighted by Gasteiger charge is -2.12.